The Labute approximate surface area is 82.2 Å². The topological polar surface area (TPSA) is 47.2 Å². The van der Waals surface area contributed by atoms with Crippen molar-refractivity contribution in [1.82, 2.24) is 9.13 Å². The number of imidazole rings is 1. The Morgan fingerprint density at radius 1 is 1.54 bits per heavy atom. The monoisotopic (exact) mass is 202 g/mol. The first-order valence-corrected chi connectivity index (χ1v) is 4.73. The number of nitrogens with zero attached hydrogens (tertiary/aromatic N) is 2. The van der Waals surface area contributed by atoms with Gasteiger partial charge in [0.15, 0.2) is 0 Å². The molecule has 0 saturated heterocycles. The van der Waals surface area contributed by atoms with Crippen molar-refractivity contribution >= 4 is 12.6 Å². The normalized spacial score (nSPS) is 11.2. The van der Waals surface area contributed by atoms with Crippen LogP contribution in [0, 0.1) is 0 Å². The molecule has 4 nitrogen and oxygen atoms in total. The molecule has 13 heavy (non-hydrogen) atoms. The summed E-state index contributed by atoms with van der Waals surface area (Å²) in [6.07, 6.45) is 0. The van der Waals surface area contributed by atoms with Crippen LogP contribution in [0.1, 0.15) is 25.6 Å². The van der Waals surface area contributed by atoms with Crippen molar-refractivity contribution in [1.29, 1.82) is 0 Å². The molecule has 1 aromatic rings. The maximum atomic E-state index is 11.5. The number of thiol groups is 1. The van der Waals surface area contributed by atoms with Crippen LogP contribution in [0.5, 0.6) is 5.88 Å². The highest BCUT2D eigenvalue weighted by molar-refractivity contribution is 7.79. The van der Waals surface area contributed by atoms with Crippen LogP contribution in [0.2, 0.25) is 0 Å². The minimum Gasteiger partial charge on any atom is -0.493 e. The van der Waals surface area contributed by atoms with E-state index in [1.54, 1.807) is 11.6 Å². The van der Waals surface area contributed by atoms with Gasteiger partial charge in [-0.15, -0.1) is 0 Å². The average Bonchev–Trinajstić information content (AvgIpc) is 2.29. The van der Waals surface area contributed by atoms with Crippen LogP contribution in [0.15, 0.2) is 4.79 Å². The molecule has 0 radical (unpaired) electrons. The van der Waals surface area contributed by atoms with Gasteiger partial charge in [-0.1, -0.05) is 0 Å². The lowest BCUT2D eigenvalue weighted by Gasteiger charge is -2.08. The van der Waals surface area contributed by atoms with Crippen molar-refractivity contribution in [2.24, 2.45) is 7.05 Å². The number of hydrogen-bond donors (Lipinski definition) is 2. The third-order valence-electron chi connectivity index (χ3n) is 2.03. The molecule has 0 unspecified atom stereocenters. The van der Waals surface area contributed by atoms with E-state index < -0.39 is 0 Å². The molecule has 0 saturated carbocycles. The fourth-order valence-corrected chi connectivity index (χ4v) is 1.64. The van der Waals surface area contributed by atoms with Crippen LogP contribution in [-0.2, 0) is 12.8 Å². The van der Waals surface area contributed by atoms with Gasteiger partial charge in [-0.3, -0.25) is 9.13 Å². The lowest BCUT2D eigenvalue weighted by atomic mass is 10.3. The van der Waals surface area contributed by atoms with E-state index in [9.17, 15) is 9.90 Å². The van der Waals surface area contributed by atoms with Gasteiger partial charge in [-0.05, 0) is 13.8 Å². The summed E-state index contributed by atoms with van der Waals surface area (Å²) in [6.45, 7) is 3.79. The number of aromatic nitrogens is 2. The summed E-state index contributed by atoms with van der Waals surface area (Å²) in [5.41, 5.74) is 0.377. The Balaban J connectivity index is 3.48. The summed E-state index contributed by atoms with van der Waals surface area (Å²) in [5, 5.41) is 9.54. The third kappa shape index (κ3) is 1.48. The fraction of sp³-hybridized carbons (Fsp3) is 0.625. The molecule has 1 rings (SSSR count). The van der Waals surface area contributed by atoms with Crippen molar-refractivity contribution < 1.29 is 5.11 Å². The first-order chi connectivity index (χ1) is 6.00. The first-order valence-electron chi connectivity index (χ1n) is 4.10. The molecule has 0 aliphatic heterocycles. The molecule has 1 N–H and O–H groups in total. The summed E-state index contributed by atoms with van der Waals surface area (Å²) in [6, 6.07) is 0.0433. The van der Waals surface area contributed by atoms with Crippen LogP contribution >= 0.6 is 12.6 Å². The molecule has 1 heterocycles. The number of hydrogen-bond acceptors (Lipinski definition) is 3. The van der Waals surface area contributed by atoms with Gasteiger partial charge in [0.25, 0.3) is 0 Å². The highest BCUT2D eigenvalue weighted by Gasteiger charge is 2.17. The van der Waals surface area contributed by atoms with E-state index in [2.05, 4.69) is 12.6 Å². The Morgan fingerprint density at radius 2 is 2.08 bits per heavy atom. The zero-order valence-corrected chi connectivity index (χ0v) is 8.88. The predicted molar refractivity (Wildman–Crippen MR) is 54.4 cm³/mol. The van der Waals surface area contributed by atoms with Crippen molar-refractivity contribution in [3.63, 3.8) is 0 Å². The summed E-state index contributed by atoms with van der Waals surface area (Å²) in [4.78, 5) is 11.5. The Morgan fingerprint density at radius 3 is 2.38 bits per heavy atom. The lowest BCUT2D eigenvalue weighted by molar-refractivity contribution is 0.425. The van der Waals surface area contributed by atoms with Crippen LogP contribution in [-0.4, -0.2) is 14.2 Å². The van der Waals surface area contributed by atoms with Gasteiger partial charge < -0.3 is 5.11 Å². The second-order valence-electron chi connectivity index (χ2n) is 3.23. The molecular weight excluding hydrogens is 188 g/mol. The fourth-order valence-electron chi connectivity index (χ4n) is 1.35. The smallest absolute Gasteiger partial charge is 0.331 e. The molecule has 1 aromatic heterocycles. The maximum Gasteiger partial charge on any atom is 0.331 e. The maximum absolute atomic E-state index is 11.5. The Kier molecular flexibility index (Phi) is 2.75. The predicted octanol–water partition coefficient (Wildman–Crippen LogP) is 0.903. The van der Waals surface area contributed by atoms with Gasteiger partial charge in [0, 0.05) is 18.8 Å². The van der Waals surface area contributed by atoms with Crippen molar-refractivity contribution in [3.05, 3.63) is 16.2 Å². The molecule has 0 fully saturated rings. The van der Waals surface area contributed by atoms with E-state index in [0.717, 1.165) is 0 Å². The number of aromatic hydroxyl groups is 1. The van der Waals surface area contributed by atoms with Gasteiger partial charge in [0.1, 0.15) is 0 Å². The molecule has 5 heteroatoms. The van der Waals surface area contributed by atoms with Crippen molar-refractivity contribution in [2.45, 2.75) is 25.6 Å². The zero-order valence-electron chi connectivity index (χ0n) is 7.98. The van der Waals surface area contributed by atoms with Crippen LogP contribution in [0.4, 0.5) is 0 Å². The second kappa shape index (κ2) is 3.49. The van der Waals surface area contributed by atoms with E-state index in [0.29, 0.717) is 11.4 Å². The van der Waals surface area contributed by atoms with E-state index in [1.807, 2.05) is 13.8 Å². The molecule has 0 amide bonds. The largest absolute Gasteiger partial charge is 0.493 e. The number of rotatable bonds is 2. The third-order valence-corrected chi connectivity index (χ3v) is 2.33. The molecule has 0 bridgehead atoms. The summed E-state index contributed by atoms with van der Waals surface area (Å²) in [7, 11) is 1.55. The van der Waals surface area contributed by atoms with E-state index >= 15 is 0 Å². The van der Waals surface area contributed by atoms with Gasteiger partial charge in [-0.25, -0.2) is 4.79 Å². The van der Waals surface area contributed by atoms with Crippen LogP contribution in [0.3, 0.4) is 0 Å². The summed E-state index contributed by atoms with van der Waals surface area (Å²) >= 11 is 4.07. The van der Waals surface area contributed by atoms with Gasteiger partial charge in [0.2, 0.25) is 5.88 Å². The van der Waals surface area contributed by atoms with Gasteiger partial charge >= 0.3 is 5.69 Å². The summed E-state index contributed by atoms with van der Waals surface area (Å²) in [5.74, 6) is 0.369. The highest BCUT2D eigenvalue weighted by atomic mass is 32.1. The van der Waals surface area contributed by atoms with Gasteiger partial charge in [-0.2, -0.15) is 12.6 Å². The summed E-state index contributed by atoms with van der Waals surface area (Å²) < 4.78 is 2.77. The Bertz CT molecular complexity index is 365. The van der Waals surface area contributed by atoms with Gasteiger partial charge in [0.05, 0.1) is 5.69 Å². The van der Waals surface area contributed by atoms with E-state index in [4.69, 9.17) is 0 Å². The Hall–Kier alpha value is -0.840. The standard InChI is InChI=1S/C8H14N2O2S/c1-5(2)10-6(4-13)7(11)9(3)8(10)12/h5,11,13H,4H2,1-3H3. The molecule has 74 valence electrons. The molecule has 0 spiro atoms. The molecule has 0 aromatic carbocycles. The first kappa shape index (κ1) is 10.2. The van der Waals surface area contributed by atoms with Crippen molar-refractivity contribution in [2.75, 3.05) is 0 Å². The molecular formula is C8H14N2O2S. The zero-order chi connectivity index (χ0) is 10.2. The highest BCUT2D eigenvalue weighted by Crippen LogP contribution is 2.19. The lowest BCUT2D eigenvalue weighted by Crippen LogP contribution is -2.24. The minimum absolute atomic E-state index is 0.00806. The molecule has 0 aliphatic carbocycles. The van der Waals surface area contributed by atoms with Crippen molar-refractivity contribution in [3.8, 4) is 5.88 Å². The SMILES string of the molecule is CC(C)n1c(CS)c(O)n(C)c1=O. The van der Waals surface area contributed by atoms with Crippen LogP contribution in [0.25, 0.3) is 0 Å². The van der Waals surface area contributed by atoms with E-state index in [1.165, 1.54) is 4.57 Å². The second-order valence-corrected chi connectivity index (χ2v) is 3.55. The average molecular weight is 202 g/mol. The molecule has 0 aliphatic rings. The quantitative estimate of drug-likeness (QED) is 0.700. The van der Waals surface area contributed by atoms with Crippen LogP contribution < -0.4 is 5.69 Å². The molecule has 0 atom stereocenters. The minimum atomic E-state index is -0.198. The van der Waals surface area contributed by atoms with E-state index in [-0.39, 0.29) is 17.6 Å².